The molecule has 0 aromatic heterocycles. The molecule has 0 saturated heterocycles. The van der Waals surface area contributed by atoms with E-state index in [9.17, 15) is 28.4 Å². The highest BCUT2D eigenvalue weighted by Crippen LogP contribution is 2.57. The van der Waals surface area contributed by atoms with Crippen LogP contribution in [0.3, 0.4) is 0 Å². The lowest BCUT2D eigenvalue weighted by atomic mass is 9.77. The number of ether oxygens (including phenoxy) is 7. The number of esters is 1. The van der Waals surface area contributed by atoms with Crippen molar-refractivity contribution in [1.82, 2.24) is 10.6 Å². The van der Waals surface area contributed by atoms with Gasteiger partial charge in [0.1, 0.15) is 31.7 Å². The number of rotatable bonds is 27. The number of quaternary nitrogens is 1. The fourth-order valence-electron chi connectivity index (χ4n) is 7.22. The highest BCUT2D eigenvalue weighted by molar-refractivity contribution is 6.28. The van der Waals surface area contributed by atoms with Crippen LogP contribution >= 0.6 is 11.6 Å². The zero-order valence-corrected chi connectivity index (χ0v) is 39.3. The summed E-state index contributed by atoms with van der Waals surface area (Å²) >= 11 is 6.06. The number of likely N-dealkylation sites (N-methyl/N-ethyl adjacent to an activating group) is 1. The number of hydrogen-bond acceptors (Lipinski definition) is 13. The Kier molecular flexibility index (Phi) is 18.9. The van der Waals surface area contributed by atoms with E-state index in [0.29, 0.717) is 53.6 Å². The van der Waals surface area contributed by atoms with E-state index in [0.717, 1.165) is 24.2 Å². The van der Waals surface area contributed by atoms with Crippen LogP contribution in [0.1, 0.15) is 76.4 Å². The molecule has 0 bridgehead atoms. The number of unbranched alkanes of at least 4 members (excludes halogenated alkanes) is 4. The molecule has 362 valence electrons. The molecular weight excluding hydrogens is 884 g/mol. The van der Waals surface area contributed by atoms with Gasteiger partial charge < -0.3 is 53.6 Å². The Labute approximate surface area is 390 Å². The molecule has 0 saturated carbocycles. The topological polar surface area (TPSA) is 167 Å². The van der Waals surface area contributed by atoms with E-state index in [1.54, 1.807) is 18.2 Å². The van der Waals surface area contributed by atoms with Crippen LogP contribution in [0, 0.1) is 0 Å². The maximum Gasteiger partial charge on any atom is 0.407 e. The lowest BCUT2D eigenvalue weighted by Crippen LogP contribution is -2.41. The Morgan fingerprint density at radius 2 is 1.39 bits per heavy atom. The SMILES string of the molecule is CCCCCCCOCCOCCNC(=O)OCCOC(F)(F)/C=C(\Cl)[N+](C)(O)CCOCCNC(=O)c1ccc2c(c1)C1(OC2=O)c2ccc(N(C)C)cc2Oc2cc(N(C)C)ccc21. The number of alkyl carbamates (subject to hydrolysis) is 1. The molecule has 2 aliphatic heterocycles. The van der Waals surface area contributed by atoms with Gasteiger partial charge in [0, 0.05) is 93.6 Å². The molecule has 2 heterocycles. The van der Waals surface area contributed by atoms with Gasteiger partial charge in [-0.3, -0.25) is 4.79 Å². The monoisotopic (exact) mass is 946 g/mol. The molecule has 0 radical (unpaired) electrons. The third kappa shape index (κ3) is 13.7. The van der Waals surface area contributed by atoms with Crippen molar-refractivity contribution in [2.75, 3.05) is 118 Å². The number of anilines is 2. The van der Waals surface area contributed by atoms with Crippen LogP contribution in [0.4, 0.5) is 25.0 Å². The van der Waals surface area contributed by atoms with Crippen LogP contribution < -0.4 is 25.2 Å². The summed E-state index contributed by atoms with van der Waals surface area (Å²) in [7, 11) is 8.84. The quantitative estimate of drug-likeness (QED) is 0.0228. The summed E-state index contributed by atoms with van der Waals surface area (Å²) < 4.78 is 66.5. The Balaban J connectivity index is 1.05. The average molecular weight is 947 g/mol. The van der Waals surface area contributed by atoms with E-state index in [1.807, 2.05) is 74.4 Å². The van der Waals surface area contributed by atoms with Crippen molar-refractivity contribution in [3.8, 4) is 11.5 Å². The van der Waals surface area contributed by atoms with Crippen molar-refractivity contribution in [3.05, 3.63) is 93.6 Å². The minimum atomic E-state index is -3.89. The fraction of sp³-hybridized carbons (Fsp3) is 0.511. The molecule has 5 rings (SSSR count). The van der Waals surface area contributed by atoms with Crippen molar-refractivity contribution < 1.29 is 66.2 Å². The number of alkyl halides is 2. The van der Waals surface area contributed by atoms with E-state index in [4.69, 9.17) is 40.0 Å². The largest absolute Gasteiger partial charge is 0.456 e. The number of halogens is 3. The van der Waals surface area contributed by atoms with Crippen LogP contribution in [-0.2, 0) is 34.0 Å². The maximum absolute atomic E-state index is 14.5. The maximum atomic E-state index is 14.5. The van der Waals surface area contributed by atoms with Crippen molar-refractivity contribution >= 4 is 40.9 Å². The highest BCUT2D eigenvalue weighted by Gasteiger charge is 2.54. The van der Waals surface area contributed by atoms with Crippen LogP contribution in [0.2, 0.25) is 0 Å². The predicted octanol–water partition coefficient (Wildman–Crippen LogP) is 7.39. The Hall–Kier alpha value is -5.08. The summed E-state index contributed by atoms with van der Waals surface area (Å²) in [6, 6.07) is 16.1. The molecule has 2 aliphatic rings. The molecule has 3 aromatic rings. The molecule has 0 aliphatic carbocycles. The van der Waals surface area contributed by atoms with Crippen LogP contribution in [0.5, 0.6) is 11.5 Å². The summed E-state index contributed by atoms with van der Waals surface area (Å²) in [5.41, 5.74) is 2.67. The minimum Gasteiger partial charge on any atom is -0.456 e. The van der Waals surface area contributed by atoms with Gasteiger partial charge in [-0.1, -0.05) is 32.6 Å². The average Bonchev–Trinajstić information content (AvgIpc) is 3.57. The zero-order valence-electron chi connectivity index (χ0n) is 38.6. The van der Waals surface area contributed by atoms with E-state index >= 15 is 0 Å². The summed E-state index contributed by atoms with van der Waals surface area (Å²) in [4.78, 5) is 42.7. The molecule has 0 fully saturated rings. The van der Waals surface area contributed by atoms with E-state index < -0.39 is 52.7 Å². The first-order chi connectivity index (χ1) is 31.5. The van der Waals surface area contributed by atoms with Crippen molar-refractivity contribution in [2.45, 2.75) is 50.7 Å². The summed E-state index contributed by atoms with van der Waals surface area (Å²) in [5.74, 6) is 0.0368. The van der Waals surface area contributed by atoms with Gasteiger partial charge in [0.2, 0.25) is 5.16 Å². The molecule has 3 aromatic carbocycles. The minimum absolute atomic E-state index is 0.0121. The molecule has 66 heavy (non-hydrogen) atoms. The molecule has 3 N–H and O–H groups in total. The summed E-state index contributed by atoms with van der Waals surface area (Å²) in [6.45, 7) is 2.69. The first-order valence-electron chi connectivity index (χ1n) is 22.1. The molecule has 1 unspecified atom stereocenters. The van der Waals surface area contributed by atoms with Gasteiger partial charge >= 0.3 is 18.2 Å². The molecule has 2 amide bonds. The predicted molar refractivity (Wildman–Crippen MR) is 244 cm³/mol. The van der Waals surface area contributed by atoms with Crippen LogP contribution in [-0.4, -0.2) is 142 Å². The number of nitrogens with one attached hydrogen (secondary N) is 2. The molecule has 19 heteroatoms. The van der Waals surface area contributed by atoms with Gasteiger partial charge in [-0.05, 0) is 60.5 Å². The van der Waals surface area contributed by atoms with Gasteiger partial charge in [0.05, 0.1) is 51.3 Å². The Bertz CT molecular complexity index is 2100. The standard InChI is InChI=1S/C47H62ClF2N5O11/c1-7-8-9-10-11-21-60-25-26-62-23-19-52-45(58)63-27-28-64-46(49,50)32-42(48)55(6,59)20-24-61-22-18-51-43(56)33-12-15-36-39(29-33)47(66-44(36)57)37-16-13-34(53(2)3)30-40(37)65-41-31-35(54(4)5)14-17-38(41)47/h12-17,29-32,59H,7-11,18-28H2,1-6H3,(H-,51,52,56,58)/p+1/b42-32+. The third-order valence-corrected chi connectivity index (χ3v) is 11.4. The highest BCUT2D eigenvalue weighted by atomic mass is 35.5. The smallest absolute Gasteiger partial charge is 0.407 e. The number of fused-ring (bicyclic) bond motifs is 6. The van der Waals surface area contributed by atoms with Gasteiger partial charge in [-0.15, -0.1) is 4.65 Å². The van der Waals surface area contributed by atoms with Crippen molar-refractivity contribution in [1.29, 1.82) is 0 Å². The second-order valence-corrected chi connectivity index (χ2v) is 16.8. The van der Waals surface area contributed by atoms with Gasteiger partial charge in [-0.25, -0.2) is 14.8 Å². The summed E-state index contributed by atoms with van der Waals surface area (Å²) in [6.07, 6.45) is 1.33. The number of carbonyl (C=O) groups excluding carboxylic acids is 3. The molecule has 1 atom stereocenters. The number of hydroxylamine groups is 3. The third-order valence-electron chi connectivity index (χ3n) is 10.9. The van der Waals surface area contributed by atoms with E-state index in [2.05, 4.69) is 22.3 Å². The van der Waals surface area contributed by atoms with Crippen LogP contribution in [0.25, 0.3) is 0 Å². The number of nitrogens with zero attached hydrogens (tertiary/aromatic N) is 3. The van der Waals surface area contributed by atoms with Gasteiger partial charge in [-0.2, -0.15) is 8.78 Å². The van der Waals surface area contributed by atoms with E-state index in [-0.39, 0.29) is 51.1 Å². The van der Waals surface area contributed by atoms with Crippen LogP contribution in [0.15, 0.2) is 65.8 Å². The second kappa shape index (κ2) is 24.1. The summed E-state index contributed by atoms with van der Waals surface area (Å²) in [5, 5.41) is 15.3. The fourth-order valence-corrected chi connectivity index (χ4v) is 7.44. The first kappa shape index (κ1) is 51.9. The number of carbonyl (C=O) groups is 3. The van der Waals surface area contributed by atoms with E-state index in [1.165, 1.54) is 26.3 Å². The number of amides is 2. The molecular formula is C47H63ClF2N5O11+. The first-order valence-corrected chi connectivity index (χ1v) is 22.5. The zero-order chi connectivity index (χ0) is 47.9. The normalized spacial score (nSPS) is 14.6. The van der Waals surface area contributed by atoms with Gasteiger partial charge in [0.25, 0.3) is 5.91 Å². The van der Waals surface area contributed by atoms with Gasteiger partial charge in [0.15, 0.2) is 5.60 Å². The molecule has 1 spiro atoms. The van der Waals surface area contributed by atoms with Crippen molar-refractivity contribution in [2.24, 2.45) is 0 Å². The number of benzene rings is 3. The second-order valence-electron chi connectivity index (χ2n) is 16.4. The molecule has 16 nitrogen and oxygen atoms in total. The Morgan fingerprint density at radius 3 is 2.03 bits per heavy atom. The lowest BCUT2D eigenvalue weighted by Gasteiger charge is -2.37. The number of hydrogen-bond donors (Lipinski definition) is 3. The van der Waals surface area contributed by atoms with Crippen molar-refractivity contribution in [3.63, 3.8) is 0 Å². The Morgan fingerprint density at radius 1 is 0.788 bits per heavy atom. The lowest BCUT2D eigenvalue weighted by molar-refractivity contribution is -1.05.